The Labute approximate surface area is 316 Å². The predicted octanol–water partition coefficient (Wildman–Crippen LogP) is 6.62. The Morgan fingerprint density at radius 2 is 1.44 bits per heavy atom. The summed E-state index contributed by atoms with van der Waals surface area (Å²) in [5, 5.41) is 10.3. The maximum Gasteiger partial charge on any atom is 0.258 e. The summed E-state index contributed by atoms with van der Waals surface area (Å²) < 4.78 is 73.6. The van der Waals surface area contributed by atoms with Crippen LogP contribution >= 0.6 is 23.2 Å². The van der Waals surface area contributed by atoms with Gasteiger partial charge in [0.05, 0.1) is 11.8 Å². The van der Waals surface area contributed by atoms with Gasteiger partial charge < -0.3 is 5.11 Å². The van der Waals surface area contributed by atoms with Crippen molar-refractivity contribution in [1.82, 2.24) is 9.80 Å². The fourth-order valence-corrected chi connectivity index (χ4v) is 10.3. The van der Waals surface area contributed by atoms with E-state index in [0.29, 0.717) is 43.6 Å². The van der Waals surface area contributed by atoms with Crippen LogP contribution < -0.4 is 4.90 Å². The Morgan fingerprint density at radius 1 is 0.815 bits per heavy atom. The van der Waals surface area contributed by atoms with Gasteiger partial charge in [0, 0.05) is 31.6 Å². The normalized spacial score (nSPS) is 30.1. The molecule has 0 radical (unpaired) electrons. The first-order chi connectivity index (χ1) is 25.6. The number of allylic oxidation sites excluding steroid dienone is 2. The largest absolute Gasteiger partial charge is 0.508 e. The highest BCUT2D eigenvalue weighted by Crippen LogP contribution is 2.66. The molecule has 3 aromatic carbocycles. The van der Waals surface area contributed by atoms with Gasteiger partial charge in [-0.1, -0.05) is 54.1 Å². The van der Waals surface area contributed by atoms with E-state index in [4.69, 9.17) is 23.2 Å². The molecule has 3 saturated heterocycles. The number of benzene rings is 3. The molecule has 3 aromatic rings. The molecule has 1 N–H and O–H groups in total. The summed E-state index contributed by atoms with van der Waals surface area (Å²) in [6.45, 7) is 3.51. The average Bonchev–Trinajstić information content (AvgIpc) is 3.50. The molecule has 0 aromatic heterocycles. The number of carbonyl (C=O) groups is 4. The number of rotatable bonds is 5. The van der Waals surface area contributed by atoms with E-state index in [0.717, 1.165) is 5.56 Å². The topological polar surface area (TPSA) is 98.2 Å². The lowest BCUT2D eigenvalue weighted by Gasteiger charge is -2.50. The van der Waals surface area contributed by atoms with E-state index in [1.54, 1.807) is 13.0 Å². The quantitative estimate of drug-likeness (QED) is 0.0780. The maximum absolute atomic E-state index is 15.3. The second-order valence-corrected chi connectivity index (χ2v) is 16.0. The number of phenols is 1. The van der Waals surface area contributed by atoms with Gasteiger partial charge in [0.15, 0.2) is 33.0 Å². The van der Waals surface area contributed by atoms with Gasteiger partial charge in [0.1, 0.15) is 11.4 Å². The lowest BCUT2D eigenvalue weighted by atomic mass is 9.56. The molecule has 8 rings (SSSR count). The third kappa shape index (κ3) is 5.03. The molecule has 3 heterocycles. The molecule has 6 unspecified atom stereocenters. The number of carbonyl (C=O) groups excluding carboxylic acids is 4. The Hall–Kier alpha value is -4.33. The van der Waals surface area contributed by atoms with Crippen molar-refractivity contribution in [1.29, 1.82) is 0 Å². The summed E-state index contributed by atoms with van der Waals surface area (Å²) in [5.41, 5.74) is 0.194. The maximum atomic E-state index is 15.3. The summed E-state index contributed by atoms with van der Waals surface area (Å²) in [6.07, 6.45) is 2.20. The van der Waals surface area contributed by atoms with E-state index in [1.807, 2.05) is 30.3 Å². The van der Waals surface area contributed by atoms with Gasteiger partial charge in [-0.25, -0.2) is 26.9 Å². The van der Waals surface area contributed by atoms with E-state index in [-0.39, 0.29) is 28.5 Å². The summed E-state index contributed by atoms with van der Waals surface area (Å²) in [6, 6.07) is 13.7. The van der Waals surface area contributed by atoms with Gasteiger partial charge in [0.2, 0.25) is 17.6 Å². The van der Waals surface area contributed by atoms with Crippen LogP contribution in [0.2, 0.25) is 0 Å². The van der Waals surface area contributed by atoms with E-state index >= 15 is 8.78 Å². The van der Waals surface area contributed by atoms with Crippen LogP contribution in [-0.2, 0) is 25.7 Å². The van der Waals surface area contributed by atoms with Crippen molar-refractivity contribution in [3.8, 4) is 5.75 Å². The molecule has 3 aliphatic heterocycles. The molecule has 54 heavy (non-hydrogen) atoms. The third-order valence-electron chi connectivity index (χ3n) is 12.0. The molecule has 4 amide bonds. The van der Waals surface area contributed by atoms with Crippen LogP contribution in [0.1, 0.15) is 48.3 Å². The van der Waals surface area contributed by atoms with Gasteiger partial charge >= 0.3 is 0 Å². The number of likely N-dealkylation sites (tertiary alicyclic amines) is 2. The number of aromatic hydroxyl groups is 1. The zero-order chi connectivity index (χ0) is 38.6. The summed E-state index contributed by atoms with van der Waals surface area (Å²) in [4.78, 5) is 55.5. The second kappa shape index (κ2) is 12.9. The van der Waals surface area contributed by atoms with Crippen LogP contribution in [0.25, 0.3) is 0 Å². The number of piperidine rings is 1. The van der Waals surface area contributed by atoms with Crippen LogP contribution in [0, 0.1) is 53.8 Å². The van der Waals surface area contributed by atoms with Crippen molar-refractivity contribution in [3.05, 3.63) is 106 Å². The zero-order valence-corrected chi connectivity index (χ0v) is 30.1. The molecule has 282 valence electrons. The molecule has 1 saturated carbocycles. The fraction of sp³-hybridized carbons (Fsp3) is 0.385. The first-order valence-corrected chi connectivity index (χ1v) is 18.3. The Balaban J connectivity index is 1.18. The highest BCUT2D eigenvalue weighted by molar-refractivity contribution is 6.58. The third-order valence-corrected chi connectivity index (χ3v) is 13.4. The molecule has 5 aliphatic rings. The number of fused-ring (bicyclic) bond motifs is 4. The number of hydrogen-bond acceptors (Lipinski definition) is 6. The number of imide groups is 2. The van der Waals surface area contributed by atoms with E-state index in [1.165, 1.54) is 23.1 Å². The molecule has 6 atom stereocenters. The summed E-state index contributed by atoms with van der Waals surface area (Å²) in [5.74, 6) is -20.6. The molecule has 15 heteroatoms. The molecular weight excluding hydrogens is 756 g/mol. The number of hydrogen-bond donors (Lipinski definition) is 1. The monoisotopic (exact) mass is 787 g/mol. The molecule has 4 fully saturated rings. The SMILES string of the molecule is Cc1cc(C2C3=CCC4C(=O)N(C5CCN(Cc6ccccc6)CC5)C(=O)C4C3CC3(Cl)C(=O)N(c4c(F)c(F)c(F)c(F)c4F)C(=O)C23Cl)ccc1O. The predicted molar refractivity (Wildman–Crippen MR) is 186 cm³/mol. The zero-order valence-electron chi connectivity index (χ0n) is 28.6. The Kier molecular flexibility index (Phi) is 8.74. The number of alkyl halides is 2. The summed E-state index contributed by atoms with van der Waals surface area (Å²) in [7, 11) is 0. The lowest BCUT2D eigenvalue weighted by Crippen LogP contribution is -2.60. The van der Waals surface area contributed by atoms with E-state index in [2.05, 4.69) is 4.90 Å². The van der Waals surface area contributed by atoms with Gasteiger partial charge in [-0.05, 0) is 61.3 Å². The lowest BCUT2D eigenvalue weighted by molar-refractivity contribution is -0.144. The Morgan fingerprint density at radius 3 is 2.07 bits per heavy atom. The van der Waals surface area contributed by atoms with Crippen LogP contribution in [-0.4, -0.2) is 67.4 Å². The average molecular weight is 789 g/mol. The minimum atomic E-state index is -2.62. The highest BCUT2D eigenvalue weighted by atomic mass is 35.5. The van der Waals surface area contributed by atoms with E-state index in [9.17, 15) is 37.5 Å². The number of nitrogens with zero attached hydrogens (tertiary/aromatic N) is 3. The molecule has 2 aliphatic carbocycles. The first kappa shape index (κ1) is 36.6. The van der Waals surface area contributed by atoms with Crippen molar-refractivity contribution < 1.29 is 46.2 Å². The first-order valence-electron chi connectivity index (χ1n) is 17.5. The minimum Gasteiger partial charge on any atom is -0.508 e. The van der Waals surface area contributed by atoms with Crippen molar-refractivity contribution in [2.45, 2.75) is 60.9 Å². The standard InChI is InChI=1S/C39H32Cl2F5N3O5/c1-18-15-20(7-10-25(18)50)27-22-8-9-23-26(35(52)48(34(23)51)21-11-13-47(14-12-21)17-19-5-3-2-4-6-19)24(22)16-38(40)36(53)49(37(54)39(27,38)41)33-31(45)29(43)28(42)30(44)32(33)46/h2-8,10,15,21,23-24,26-27,50H,9,11-14,16-17H2,1H3. The second-order valence-electron chi connectivity index (χ2n) is 14.8. The van der Waals surface area contributed by atoms with Crippen molar-refractivity contribution in [2.75, 3.05) is 18.0 Å². The van der Waals surface area contributed by atoms with Crippen LogP contribution in [0.4, 0.5) is 27.6 Å². The fourth-order valence-electron chi connectivity index (χ4n) is 9.36. The number of amides is 4. The minimum absolute atomic E-state index is 0.0593. The van der Waals surface area contributed by atoms with Gasteiger partial charge in [-0.15, -0.1) is 23.2 Å². The van der Waals surface area contributed by atoms with Crippen LogP contribution in [0.3, 0.4) is 0 Å². The highest BCUT2D eigenvalue weighted by Gasteiger charge is 2.77. The van der Waals surface area contributed by atoms with Crippen molar-refractivity contribution >= 4 is 52.5 Å². The van der Waals surface area contributed by atoms with Crippen molar-refractivity contribution in [3.63, 3.8) is 0 Å². The number of anilines is 1. The number of halogens is 7. The Bertz CT molecular complexity index is 2150. The van der Waals surface area contributed by atoms with Gasteiger partial charge in [-0.2, -0.15) is 0 Å². The van der Waals surface area contributed by atoms with Crippen LogP contribution in [0.5, 0.6) is 5.75 Å². The van der Waals surface area contributed by atoms with E-state index < -0.39 is 98.4 Å². The molecule has 0 spiro atoms. The molecule has 0 bridgehead atoms. The number of phenolic OH excluding ortho intramolecular Hbond substituents is 1. The molecule has 8 nitrogen and oxygen atoms in total. The smallest absolute Gasteiger partial charge is 0.258 e. The van der Waals surface area contributed by atoms with Crippen molar-refractivity contribution in [2.24, 2.45) is 17.8 Å². The van der Waals surface area contributed by atoms with Crippen LogP contribution in [0.15, 0.2) is 60.2 Å². The summed E-state index contributed by atoms with van der Waals surface area (Å²) >= 11 is 14.4. The van der Waals surface area contributed by atoms with Gasteiger partial charge in [0.25, 0.3) is 11.8 Å². The molecular formula is C39H32Cl2F5N3O5. The van der Waals surface area contributed by atoms with Gasteiger partial charge in [-0.3, -0.25) is 29.0 Å². The number of aryl methyl sites for hydroxylation is 1.